The van der Waals surface area contributed by atoms with E-state index >= 15 is 0 Å². The molecular weight excluding hydrogens is 934 g/mol. The van der Waals surface area contributed by atoms with Gasteiger partial charge in [-0.2, -0.15) is 0 Å². The monoisotopic (exact) mass is 988 g/mol. The zero-order valence-electron chi connectivity index (χ0n) is 28.7. The van der Waals surface area contributed by atoms with Crippen LogP contribution in [-0.4, -0.2) is 56.3 Å². The van der Waals surface area contributed by atoms with Gasteiger partial charge >= 0.3 is 307 Å². The van der Waals surface area contributed by atoms with Crippen LogP contribution >= 0.6 is 42.7 Å². The summed E-state index contributed by atoms with van der Waals surface area (Å²) in [5, 5.41) is 6.39. The molecule has 2 nitrogen and oxygen atoms in total. The van der Waals surface area contributed by atoms with Gasteiger partial charge in [0.15, 0.2) is 0 Å². The first-order valence-corrected chi connectivity index (χ1v) is 48.0. The molecule has 11 heteroatoms. The van der Waals surface area contributed by atoms with E-state index < -0.39 is 36.4 Å². The Bertz CT molecular complexity index is 1420. The Morgan fingerprint density at radius 2 is 0.660 bits per heavy atom. The van der Waals surface area contributed by atoms with Gasteiger partial charge < -0.3 is 0 Å². The summed E-state index contributed by atoms with van der Waals surface area (Å²) in [7, 11) is 2.50. The van der Waals surface area contributed by atoms with E-state index in [-0.39, 0.29) is 0 Å². The number of benzene rings is 4. The summed E-state index contributed by atoms with van der Waals surface area (Å²) in [4.78, 5) is 9.68. The van der Waals surface area contributed by atoms with Crippen molar-refractivity contribution in [2.24, 2.45) is 0 Å². The zero-order valence-corrected chi connectivity index (χ0v) is 39.7. The topological polar surface area (TPSA) is 24.1 Å². The fourth-order valence-corrected chi connectivity index (χ4v) is 356. The second-order valence-electron chi connectivity index (χ2n) is 13.3. The van der Waals surface area contributed by atoms with Crippen molar-refractivity contribution in [2.45, 2.75) is 78.0 Å². The Kier molecular flexibility index (Phi) is 12.2. The summed E-state index contributed by atoms with van der Waals surface area (Å²) < 4.78 is 0. The van der Waals surface area contributed by atoms with Crippen molar-refractivity contribution in [3.05, 3.63) is 121 Å². The minimum absolute atomic E-state index is 0.493. The summed E-state index contributed by atoms with van der Waals surface area (Å²) in [6.07, 6.45) is -3.77. The zero-order chi connectivity index (χ0) is 33.5. The van der Waals surface area contributed by atoms with E-state index in [1.807, 2.05) is 0 Å². The Hall–Kier alpha value is 1.05. The summed E-state index contributed by atoms with van der Waals surface area (Å²) in [5.41, 5.74) is 2.49. The van der Waals surface area contributed by atoms with Crippen molar-refractivity contribution in [1.82, 2.24) is 9.72 Å². The van der Waals surface area contributed by atoms with E-state index in [1.54, 1.807) is 21.2 Å². The molecule has 0 aliphatic carbocycles. The summed E-state index contributed by atoms with van der Waals surface area (Å²) >= 11 is 0.986. The van der Waals surface area contributed by atoms with Gasteiger partial charge in [-0.05, 0) is 0 Å². The molecule has 2 aliphatic rings. The van der Waals surface area contributed by atoms with Crippen LogP contribution in [0.4, 0.5) is 0 Å². The van der Waals surface area contributed by atoms with Gasteiger partial charge in [0.05, 0.1) is 0 Å². The molecule has 0 bridgehead atoms. The van der Waals surface area contributed by atoms with Gasteiger partial charge in [0.1, 0.15) is 0 Å². The van der Waals surface area contributed by atoms with Gasteiger partial charge in [0.2, 0.25) is 0 Å². The van der Waals surface area contributed by atoms with E-state index in [4.69, 9.17) is 9.72 Å². The van der Waals surface area contributed by atoms with Crippen LogP contribution in [0.25, 0.3) is 0 Å². The maximum atomic E-state index is 4.84. The third-order valence-corrected chi connectivity index (χ3v) is 197. The Balaban J connectivity index is 1.72. The molecule has 4 aromatic rings. The molecule has 2 N–H and O–H groups in total. The molecular formula is C36H50N2P4S2Se2Te+4. The van der Waals surface area contributed by atoms with Crippen molar-refractivity contribution in [1.29, 1.82) is 0 Å². The normalized spacial score (nSPS) is 21.7. The number of hydrogen-bond acceptors (Lipinski definition) is 4. The van der Waals surface area contributed by atoms with E-state index in [1.165, 1.54) is 0 Å². The summed E-state index contributed by atoms with van der Waals surface area (Å²) in [6, 6.07) is 47.4. The van der Waals surface area contributed by atoms with Gasteiger partial charge in [-0.1, -0.05) is 0 Å². The molecule has 2 heterocycles. The second kappa shape index (κ2) is 15.2. The molecule has 0 saturated carbocycles. The first kappa shape index (κ1) is 37.8. The van der Waals surface area contributed by atoms with Crippen LogP contribution in [0, 0.1) is 0 Å². The van der Waals surface area contributed by atoms with Gasteiger partial charge in [-0.3, -0.25) is 0 Å². The van der Waals surface area contributed by atoms with Crippen molar-refractivity contribution in [2.75, 3.05) is 0 Å². The molecule has 0 atom stereocenters. The van der Waals surface area contributed by atoms with Crippen molar-refractivity contribution >= 4 is 97.5 Å². The predicted octanol–water partition coefficient (Wildman–Crippen LogP) is 9.83. The summed E-state index contributed by atoms with van der Waals surface area (Å²) in [5.74, 6) is 0. The SMILES string of the molecule is CC(C)[P+]1(C(C)C)N[P+](c2ccccc2)(c2ccccc2)[Se][Te]2(S1)S[P+](C(C)C)(C(C)C)N[P+](c1ccccc1)(c1ccccc1)[Se]2. The average Bonchev–Trinajstić information content (AvgIpc) is 3.09. The van der Waals surface area contributed by atoms with E-state index in [2.05, 4.69) is 194 Å². The Morgan fingerprint density at radius 3 is 0.872 bits per heavy atom. The summed E-state index contributed by atoms with van der Waals surface area (Å²) in [6.45, 7) is 17.2. The molecule has 1 spiro atoms. The Labute approximate surface area is 303 Å². The first-order chi connectivity index (χ1) is 22.4. The predicted molar refractivity (Wildman–Crippen MR) is 231 cm³/mol. The minimum atomic E-state index is -2.88. The Morgan fingerprint density at radius 1 is 0.426 bits per heavy atom. The van der Waals surface area contributed by atoms with Crippen LogP contribution in [0.3, 0.4) is 0 Å². The molecule has 0 amide bonds. The molecule has 6 rings (SSSR count). The van der Waals surface area contributed by atoms with Gasteiger partial charge in [-0.15, -0.1) is 0 Å². The number of rotatable bonds is 8. The third kappa shape index (κ3) is 6.97. The molecule has 2 saturated heterocycles. The fourth-order valence-electron chi connectivity index (χ4n) is 6.42. The number of hydrogen-bond donors (Lipinski definition) is 2. The van der Waals surface area contributed by atoms with Crippen molar-refractivity contribution in [3.63, 3.8) is 0 Å². The van der Waals surface area contributed by atoms with Gasteiger partial charge in [-0.25, -0.2) is 0 Å². The molecule has 2 aliphatic heterocycles. The van der Waals surface area contributed by atoms with Crippen LogP contribution in [0.1, 0.15) is 55.4 Å². The van der Waals surface area contributed by atoms with E-state index in [9.17, 15) is 0 Å². The number of nitrogens with one attached hydrogen (secondary N) is 2. The van der Waals surface area contributed by atoms with Crippen molar-refractivity contribution in [3.8, 4) is 0 Å². The first-order valence-electron chi connectivity index (χ1n) is 16.5. The van der Waals surface area contributed by atoms with Crippen LogP contribution in [-0.2, 0) is 0 Å². The molecule has 0 radical (unpaired) electrons. The molecule has 2 fully saturated rings. The quantitative estimate of drug-likeness (QED) is 0.136. The van der Waals surface area contributed by atoms with Crippen LogP contribution < -0.4 is 30.9 Å². The fraction of sp³-hybridized carbons (Fsp3) is 0.333. The van der Waals surface area contributed by atoms with Crippen LogP contribution in [0.5, 0.6) is 0 Å². The van der Waals surface area contributed by atoms with Crippen LogP contribution in [0.2, 0.25) is 0 Å². The van der Waals surface area contributed by atoms with Gasteiger partial charge in [0.25, 0.3) is 0 Å². The van der Waals surface area contributed by atoms with E-state index in [0.29, 0.717) is 45.3 Å². The standard InChI is InChI=1S/C36H50N2P4S2Se2Te/c1-29(2)39(30(3)4)37-41(33-21-13-9-14-22-33,34-23-15-10-16-24-34)45-47(43-39)44-40(31(5)6,32(7)8)38-42(46-47,35-25-17-11-18-26-35)36-27-19-12-20-28-36/h9-32,37-38H,1-8H3/q+4. The molecule has 0 aromatic heterocycles. The second-order valence-corrected chi connectivity index (χ2v) is 106. The average molecular weight is 984 g/mol. The molecule has 47 heavy (non-hydrogen) atoms. The molecule has 250 valence electrons. The van der Waals surface area contributed by atoms with Crippen LogP contribution in [0.15, 0.2) is 121 Å². The molecule has 0 unspecified atom stereocenters. The van der Waals surface area contributed by atoms with Crippen molar-refractivity contribution < 1.29 is 0 Å². The third-order valence-electron chi connectivity index (χ3n) is 8.98. The molecule has 4 aromatic carbocycles. The van der Waals surface area contributed by atoms with Gasteiger partial charge in [0, 0.05) is 0 Å². The van der Waals surface area contributed by atoms with E-state index in [0.717, 1.165) is 0 Å². The maximum absolute atomic E-state index is 4.84.